The predicted molar refractivity (Wildman–Crippen MR) is 60.0 cm³/mol. The molecule has 0 aromatic heterocycles. The standard InChI is InChI=1S/C12H16O4/c1-8(12(13)14)7-9-5-4-6-10(15-2)11(9)16-3/h4-6,8H,7H2,1-3H3,(H,13,14)/t8-/m0/s1. The molecule has 1 atom stereocenters. The Balaban J connectivity index is 2.99. The summed E-state index contributed by atoms with van der Waals surface area (Å²) in [6.07, 6.45) is 0.426. The highest BCUT2D eigenvalue weighted by Gasteiger charge is 2.16. The lowest BCUT2D eigenvalue weighted by atomic mass is 10.0. The molecule has 0 aliphatic rings. The van der Waals surface area contributed by atoms with E-state index in [-0.39, 0.29) is 0 Å². The summed E-state index contributed by atoms with van der Waals surface area (Å²) < 4.78 is 10.4. The van der Waals surface area contributed by atoms with Gasteiger partial charge in [0, 0.05) is 0 Å². The van der Waals surface area contributed by atoms with Gasteiger partial charge < -0.3 is 14.6 Å². The fraction of sp³-hybridized carbons (Fsp3) is 0.417. The molecule has 0 heterocycles. The third-order valence-corrected chi connectivity index (χ3v) is 2.43. The summed E-state index contributed by atoms with van der Waals surface area (Å²) in [4.78, 5) is 10.8. The fourth-order valence-corrected chi connectivity index (χ4v) is 1.53. The molecule has 0 fully saturated rings. The lowest BCUT2D eigenvalue weighted by Crippen LogP contribution is -2.13. The van der Waals surface area contributed by atoms with Crippen molar-refractivity contribution in [2.45, 2.75) is 13.3 Å². The normalized spacial score (nSPS) is 11.9. The van der Waals surface area contributed by atoms with Crippen LogP contribution in [0, 0.1) is 5.92 Å². The van der Waals surface area contributed by atoms with Crippen LogP contribution in [0.4, 0.5) is 0 Å². The molecule has 0 amide bonds. The average Bonchev–Trinajstić information content (AvgIpc) is 2.28. The largest absolute Gasteiger partial charge is 0.493 e. The molecule has 0 unspecified atom stereocenters. The SMILES string of the molecule is COc1cccc(C[C@H](C)C(=O)O)c1OC. The topological polar surface area (TPSA) is 55.8 Å². The van der Waals surface area contributed by atoms with E-state index in [1.165, 1.54) is 0 Å². The van der Waals surface area contributed by atoms with Gasteiger partial charge >= 0.3 is 5.97 Å². The summed E-state index contributed by atoms with van der Waals surface area (Å²) in [5, 5.41) is 8.86. The number of carbonyl (C=O) groups is 1. The first-order valence-electron chi connectivity index (χ1n) is 5.02. The Labute approximate surface area is 94.8 Å². The molecule has 4 nitrogen and oxygen atoms in total. The zero-order valence-corrected chi connectivity index (χ0v) is 9.69. The summed E-state index contributed by atoms with van der Waals surface area (Å²) in [5.41, 5.74) is 0.844. The molecule has 88 valence electrons. The van der Waals surface area contributed by atoms with Crippen LogP contribution < -0.4 is 9.47 Å². The average molecular weight is 224 g/mol. The van der Waals surface area contributed by atoms with Gasteiger partial charge in [0.15, 0.2) is 11.5 Å². The maximum absolute atomic E-state index is 10.8. The zero-order valence-electron chi connectivity index (χ0n) is 9.69. The van der Waals surface area contributed by atoms with Crippen LogP contribution in [-0.2, 0) is 11.2 Å². The lowest BCUT2D eigenvalue weighted by molar-refractivity contribution is -0.141. The molecular weight excluding hydrogens is 208 g/mol. The molecule has 0 aliphatic heterocycles. The molecule has 0 radical (unpaired) electrons. The Morgan fingerprint density at radius 1 is 1.38 bits per heavy atom. The van der Waals surface area contributed by atoms with E-state index in [0.29, 0.717) is 17.9 Å². The summed E-state index contributed by atoms with van der Waals surface area (Å²) in [7, 11) is 3.11. The van der Waals surface area contributed by atoms with Crippen molar-refractivity contribution in [2.75, 3.05) is 14.2 Å². The Hall–Kier alpha value is -1.71. The minimum atomic E-state index is -0.815. The van der Waals surface area contributed by atoms with E-state index in [9.17, 15) is 4.79 Å². The van der Waals surface area contributed by atoms with Crippen LogP contribution in [0.2, 0.25) is 0 Å². The second kappa shape index (κ2) is 5.39. The highest BCUT2D eigenvalue weighted by atomic mass is 16.5. The predicted octanol–water partition coefficient (Wildman–Crippen LogP) is 1.97. The van der Waals surface area contributed by atoms with E-state index in [1.54, 1.807) is 27.2 Å². The van der Waals surface area contributed by atoms with Gasteiger partial charge in [0.1, 0.15) is 0 Å². The summed E-state index contributed by atoms with van der Waals surface area (Å²) in [6, 6.07) is 5.46. The van der Waals surface area contributed by atoms with Gasteiger partial charge in [-0.2, -0.15) is 0 Å². The smallest absolute Gasteiger partial charge is 0.306 e. The second-order valence-electron chi connectivity index (χ2n) is 3.60. The third kappa shape index (κ3) is 2.66. The van der Waals surface area contributed by atoms with Crippen molar-refractivity contribution >= 4 is 5.97 Å². The molecule has 1 aromatic carbocycles. The molecule has 0 saturated carbocycles. The van der Waals surface area contributed by atoms with Crippen molar-refractivity contribution in [1.29, 1.82) is 0 Å². The van der Waals surface area contributed by atoms with E-state index >= 15 is 0 Å². The number of carboxylic acid groups (broad SMARTS) is 1. The molecule has 0 spiro atoms. The van der Waals surface area contributed by atoms with Crippen molar-refractivity contribution < 1.29 is 19.4 Å². The summed E-state index contributed by atoms with van der Waals surface area (Å²) >= 11 is 0. The van der Waals surface area contributed by atoms with Crippen molar-refractivity contribution in [3.8, 4) is 11.5 Å². The van der Waals surface area contributed by atoms with Crippen molar-refractivity contribution in [3.63, 3.8) is 0 Å². The maximum Gasteiger partial charge on any atom is 0.306 e. The second-order valence-corrected chi connectivity index (χ2v) is 3.60. The molecule has 0 bridgehead atoms. The Morgan fingerprint density at radius 3 is 2.56 bits per heavy atom. The van der Waals surface area contributed by atoms with Crippen LogP contribution in [0.3, 0.4) is 0 Å². The van der Waals surface area contributed by atoms with Gasteiger partial charge in [-0.1, -0.05) is 19.1 Å². The van der Waals surface area contributed by atoms with Crippen LogP contribution in [-0.4, -0.2) is 25.3 Å². The minimum Gasteiger partial charge on any atom is -0.493 e. The van der Waals surface area contributed by atoms with E-state index < -0.39 is 11.9 Å². The quantitative estimate of drug-likeness (QED) is 0.830. The monoisotopic (exact) mass is 224 g/mol. The first-order valence-corrected chi connectivity index (χ1v) is 5.02. The fourth-order valence-electron chi connectivity index (χ4n) is 1.53. The molecule has 0 saturated heterocycles. The van der Waals surface area contributed by atoms with Gasteiger partial charge in [-0.05, 0) is 18.1 Å². The van der Waals surface area contributed by atoms with Gasteiger partial charge in [-0.25, -0.2) is 0 Å². The number of methoxy groups -OCH3 is 2. The number of aliphatic carboxylic acids is 1. The zero-order chi connectivity index (χ0) is 12.1. The third-order valence-electron chi connectivity index (χ3n) is 2.43. The van der Waals surface area contributed by atoms with Crippen LogP contribution in [0.1, 0.15) is 12.5 Å². The van der Waals surface area contributed by atoms with Crippen LogP contribution in [0.15, 0.2) is 18.2 Å². The van der Waals surface area contributed by atoms with Gasteiger partial charge in [-0.3, -0.25) is 4.79 Å². The number of hydrogen-bond acceptors (Lipinski definition) is 3. The number of para-hydroxylation sites is 1. The first kappa shape index (κ1) is 12.4. The van der Waals surface area contributed by atoms with E-state index in [1.807, 2.05) is 12.1 Å². The number of rotatable bonds is 5. The first-order chi connectivity index (χ1) is 7.60. The Bertz CT molecular complexity index is 373. The number of hydrogen-bond donors (Lipinski definition) is 1. The summed E-state index contributed by atoms with van der Waals surface area (Å²) in [5.74, 6) is -0.0263. The van der Waals surface area contributed by atoms with Gasteiger partial charge in [-0.15, -0.1) is 0 Å². The summed E-state index contributed by atoms with van der Waals surface area (Å²) in [6.45, 7) is 1.67. The highest BCUT2D eigenvalue weighted by molar-refractivity contribution is 5.70. The Kier molecular flexibility index (Phi) is 4.17. The van der Waals surface area contributed by atoms with E-state index in [4.69, 9.17) is 14.6 Å². The van der Waals surface area contributed by atoms with Crippen LogP contribution >= 0.6 is 0 Å². The van der Waals surface area contributed by atoms with Gasteiger partial charge in [0.25, 0.3) is 0 Å². The van der Waals surface area contributed by atoms with E-state index in [2.05, 4.69) is 0 Å². The molecular formula is C12H16O4. The minimum absolute atomic E-state index is 0.426. The Morgan fingerprint density at radius 2 is 2.06 bits per heavy atom. The molecule has 1 N–H and O–H groups in total. The van der Waals surface area contributed by atoms with Crippen LogP contribution in [0.5, 0.6) is 11.5 Å². The molecule has 1 aromatic rings. The number of ether oxygens (including phenoxy) is 2. The number of benzene rings is 1. The lowest BCUT2D eigenvalue weighted by Gasteiger charge is -2.13. The molecule has 16 heavy (non-hydrogen) atoms. The van der Waals surface area contributed by atoms with Gasteiger partial charge in [0.05, 0.1) is 20.1 Å². The van der Waals surface area contributed by atoms with Crippen molar-refractivity contribution in [3.05, 3.63) is 23.8 Å². The molecule has 1 rings (SSSR count). The maximum atomic E-state index is 10.8. The van der Waals surface area contributed by atoms with Crippen LogP contribution in [0.25, 0.3) is 0 Å². The highest BCUT2D eigenvalue weighted by Crippen LogP contribution is 2.32. The molecule has 0 aliphatic carbocycles. The van der Waals surface area contributed by atoms with Crippen molar-refractivity contribution in [1.82, 2.24) is 0 Å². The molecule has 4 heteroatoms. The number of carboxylic acids is 1. The van der Waals surface area contributed by atoms with E-state index in [0.717, 1.165) is 5.56 Å². The van der Waals surface area contributed by atoms with Gasteiger partial charge in [0.2, 0.25) is 0 Å². The van der Waals surface area contributed by atoms with Crippen molar-refractivity contribution in [2.24, 2.45) is 5.92 Å².